The SMILES string of the molecule is COc1cc(CCC(=O)CC(=O)CCc2ccc(O)c(O)c2)ccc1O. The molecule has 0 saturated carbocycles. The van der Waals surface area contributed by atoms with Gasteiger partial charge in [-0.15, -0.1) is 0 Å². The number of aryl methyl sites for hydroxylation is 2. The lowest BCUT2D eigenvalue weighted by Gasteiger charge is -2.06. The molecule has 6 heteroatoms. The number of rotatable bonds is 9. The monoisotopic (exact) mass is 358 g/mol. The summed E-state index contributed by atoms with van der Waals surface area (Å²) in [5, 5.41) is 28.2. The third-order valence-electron chi connectivity index (χ3n) is 4.06. The molecule has 0 aliphatic carbocycles. The van der Waals surface area contributed by atoms with Gasteiger partial charge in [-0.2, -0.15) is 0 Å². The topological polar surface area (TPSA) is 104 Å². The third kappa shape index (κ3) is 5.51. The van der Waals surface area contributed by atoms with Crippen molar-refractivity contribution in [2.24, 2.45) is 0 Å². The fraction of sp³-hybridized carbons (Fsp3) is 0.300. The van der Waals surface area contributed by atoms with Crippen LogP contribution in [0.25, 0.3) is 0 Å². The van der Waals surface area contributed by atoms with Gasteiger partial charge in [-0.1, -0.05) is 12.1 Å². The second-order valence-electron chi connectivity index (χ2n) is 6.08. The first-order valence-corrected chi connectivity index (χ1v) is 8.29. The molecule has 0 aromatic heterocycles. The van der Waals surface area contributed by atoms with E-state index in [1.807, 2.05) is 0 Å². The summed E-state index contributed by atoms with van der Waals surface area (Å²) < 4.78 is 5.02. The van der Waals surface area contributed by atoms with Gasteiger partial charge in [-0.05, 0) is 48.2 Å². The zero-order valence-corrected chi connectivity index (χ0v) is 14.6. The lowest BCUT2D eigenvalue weighted by molar-refractivity contribution is -0.126. The molecule has 138 valence electrons. The van der Waals surface area contributed by atoms with Gasteiger partial charge in [0.1, 0.15) is 11.6 Å². The first-order chi connectivity index (χ1) is 12.4. The van der Waals surface area contributed by atoms with E-state index < -0.39 is 0 Å². The minimum Gasteiger partial charge on any atom is -0.504 e. The van der Waals surface area contributed by atoms with E-state index in [0.29, 0.717) is 18.6 Å². The Balaban J connectivity index is 1.78. The van der Waals surface area contributed by atoms with E-state index in [4.69, 9.17) is 4.74 Å². The normalized spacial score (nSPS) is 10.5. The molecule has 0 spiro atoms. The van der Waals surface area contributed by atoms with E-state index in [9.17, 15) is 24.9 Å². The van der Waals surface area contributed by atoms with Crippen LogP contribution in [0.2, 0.25) is 0 Å². The van der Waals surface area contributed by atoms with Gasteiger partial charge in [0.05, 0.1) is 13.5 Å². The van der Waals surface area contributed by atoms with Crippen LogP contribution in [0.3, 0.4) is 0 Å². The minimum absolute atomic E-state index is 0.0398. The van der Waals surface area contributed by atoms with Crippen molar-refractivity contribution in [2.45, 2.75) is 32.1 Å². The van der Waals surface area contributed by atoms with E-state index >= 15 is 0 Å². The quantitative estimate of drug-likeness (QED) is 0.470. The Bertz CT molecular complexity index is 797. The highest BCUT2D eigenvalue weighted by Crippen LogP contribution is 2.27. The van der Waals surface area contributed by atoms with Gasteiger partial charge < -0.3 is 20.1 Å². The fourth-order valence-electron chi connectivity index (χ4n) is 2.57. The first-order valence-electron chi connectivity index (χ1n) is 8.29. The molecule has 0 fully saturated rings. The molecule has 0 bridgehead atoms. The van der Waals surface area contributed by atoms with E-state index in [-0.39, 0.29) is 48.1 Å². The van der Waals surface area contributed by atoms with Gasteiger partial charge in [-0.25, -0.2) is 0 Å². The summed E-state index contributed by atoms with van der Waals surface area (Å²) in [6.45, 7) is 0. The molecule has 26 heavy (non-hydrogen) atoms. The lowest BCUT2D eigenvalue weighted by Crippen LogP contribution is -2.09. The lowest BCUT2D eigenvalue weighted by atomic mass is 10.0. The van der Waals surface area contributed by atoms with E-state index in [1.165, 1.54) is 25.3 Å². The smallest absolute Gasteiger partial charge is 0.160 e. The summed E-state index contributed by atoms with van der Waals surface area (Å²) in [6.07, 6.45) is 1.17. The number of benzene rings is 2. The van der Waals surface area contributed by atoms with Gasteiger partial charge >= 0.3 is 0 Å². The molecule has 2 aromatic carbocycles. The van der Waals surface area contributed by atoms with Crippen LogP contribution in [0, 0.1) is 0 Å². The Morgan fingerprint density at radius 1 is 0.808 bits per heavy atom. The molecule has 0 aliphatic rings. The van der Waals surface area contributed by atoms with E-state index in [0.717, 1.165) is 11.1 Å². The Kier molecular flexibility index (Phi) is 6.60. The summed E-state index contributed by atoms with van der Waals surface area (Å²) in [5.41, 5.74) is 1.57. The largest absolute Gasteiger partial charge is 0.504 e. The molecule has 0 heterocycles. The molecule has 3 N–H and O–H groups in total. The molecular formula is C20H22O6. The molecule has 0 unspecified atom stereocenters. The predicted octanol–water partition coefficient (Wildman–Crippen LogP) is 2.91. The van der Waals surface area contributed by atoms with Gasteiger partial charge in [0.15, 0.2) is 23.0 Å². The maximum atomic E-state index is 12.0. The average Bonchev–Trinajstić information content (AvgIpc) is 2.62. The van der Waals surface area contributed by atoms with Crippen molar-refractivity contribution in [2.75, 3.05) is 7.11 Å². The number of Topliss-reactive ketones (excluding diaryl/α,β-unsaturated/α-hetero) is 2. The number of phenols is 3. The van der Waals surface area contributed by atoms with Crippen LogP contribution >= 0.6 is 0 Å². The van der Waals surface area contributed by atoms with Crippen molar-refractivity contribution in [1.82, 2.24) is 0 Å². The van der Waals surface area contributed by atoms with Crippen molar-refractivity contribution < 1.29 is 29.6 Å². The number of methoxy groups -OCH3 is 1. The standard InChI is InChI=1S/C20H22O6/c1-26-20-11-14(5-9-18(20)24)3-7-16(22)12-15(21)6-2-13-4-8-17(23)19(25)10-13/h4-5,8-11,23-25H,2-3,6-7,12H2,1H3. The number of carbonyl (C=O) groups is 2. The molecule has 0 atom stereocenters. The molecule has 6 nitrogen and oxygen atoms in total. The van der Waals surface area contributed by atoms with Gasteiger partial charge in [0.25, 0.3) is 0 Å². The molecule has 2 aromatic rings. The third-order valence-corrected chi connectivity index (χ3v) is 4.06. The molecule has 0 radical (unpaired) electrons. The number of phenolic OH excluding ortho intramolecular Hbond substituents is 3. The Morgan fingerprint density at radius 2 is 1.35 bits per heavy atom. The summed E-state index contributed by atoms with van der Waals surface area (Å²) in [7, 11) is 1.45. The van der Waals surface area contributed by atoms with Crippen LogP contribution < -0.4 is 4.74 Å². The molecule has 0 saturated heterocycles. The van der Waals surface area contributed by atoms with Crippen molar-refractivity contribution in [3.05, 3.63) is 47.5 Å². The van der Waals surface area contributed by atoms with Crippen LogP contribution in [0.1, 0.15) is 30.4 Å². The van der Waals surface area contributed by atoms with Crippen molar-refractivity contribution in [3.8, 4) is 23.0 Å². The van der Waals surface area contributed by atoms with Crippen molar-refractivity contribution in [3.63, 3.8) is 0 Å². The summed E-state index contributed by atoms with van der Waals surface area (Å²) in [5.74, 6) is -0.348. The fourth-order valence-corrected chi connectivity index (χ4v) is 2.57. The van der Waals surface area contributed by atoms with Crippen LogP contribution in [0.4, 0.5) is 0 Å². The zero-order valence-electron chi connectivity index (χ0n) is 14.6. The summed E-state index contributed by atoms with van der Waals surface area (Å²) in [4.78, 5) is 23.9. The number of aromatic hydroxyl groups is 3. The number of ether oxygens (including phenoxy) is 1. The maximum Gasteiger partial charge on any atom is 0.160 e. The van der Waals surface area contributed by atoms with Gasteiger partial charge in [0.2, 0.25) is 0 Å². The Hall–Kier alpha value is -3.02. The van der Waals surface area contributed by atoms with Crippen molar-refractivity contribution in [1.29, 1.82) is 0 Å². The number of ketones is 2. The van der Waals surface area contributed by atoms with Crippen LogP contribution in [-0.4, -0.2) is 34.0 Å². The Morgan fingerprint density at radius 3 is 1.88 bits per heavy atom. The van der Waals surface area contributed by atoms with Gasteiger partial charge in [0, 0.05) is 12.8 Å². The minimum atomic E-state index is -0.227. The van der Waals surface area contributed by atoms with E-state index in [2.05, 4.69) is 0 Å². The van der Waals surface area contributed by atoms with Crippen LogP contribution in [0.5, 0.6) is 23.0 Å². The predicted molar refractivity (Wildman–Crippen MR) is 95.7 cm³/mol. The summed E-state index contributed by atoms with van der Waals surface area (Å²) in [6, 6.07) is 9.29. The molecular weight excluding hydrogens is 336 g/mol. The van der Waals surface area contributed by atoms with Crippen molar-refractivity contribution >= 4 is 11.6 Å². The van der Waals surface area contributed by atoms with Crippen LogP contribution in [0.15, 0.2) is 36.4 Å². The molecule has 0 aliphatic heterocycles. The van der Waals surface area contributed by atoms with Crippen LogP contribution in [-0.2, 0) is 22.4 Å². The van der Waals surface area contributed by atoms with E-state index in [1.54, 1.807) is 18.2 Å². The molecule has 2 rings (SSSR count). The van der Waals surface area contributed by atoms with Gasteiger partial charge in [-0.3, -0.25) is 9.59 Å². The average molecular weight is 358 g/mol. The maximum absolute atomic E-state index is 12.0. The highest BCUT2D eigenvalue weighted by molar-refractivity contribution is 5.99. The Labute approximate surface area is 151 Å². The molecule has 0 amide bonds. The highest BCUT2D eigenvalue weighted by atomic mass is 16.5. The number of carbonyl (C=O) groups excluding carboxylic acids is 2. The second-order valence-corrected chi connectivity index (χ2v) is 6.08. The summed E-state index contributed by atoms with van der Waals surface area (Å²) >= 11 is 0. The second kappa shape index (κ2) is 8.89. The number of hydrogen-bond donors (Lipinski definition) is 3. The number of hydrogen-bond acceptors (Lipinski definition) is 6. The first kappa shape index (κ1) is 19.3. The highest BCUT2D eigenvalue weighted by Gasteiger charge is 2.11. The zero-order chi connectivity index (χ0) is 19.1.